The monoisotopic (exact) mass is 360 g/mol. The highest BCUT2D eigenvalue weighted by molar-refractivity contribution is 5.01. The maximum absolute atomic E-state index is 2.67. The molecule has 0 N–H and O–H groups in total. The Balaban J connectivity index is 0.000000948. The molecule has 0 aromatic carbocycles. The Labute approximate surface area is 165 Å². The summed E-state index contributed by atoms with van der Waals surface area (Å²) >= 11 is 0. The fourth-order valence-electron chi connectivity index (χ4n) is 8.24. The van der Waals surface area contributed by atoms with E-state index < -0.39 is 0 Å². The number of hydrogen-bond donors (Lipinski definition) is 0. The second kappa shape index (κ2) is 9.47. The Kier molecular flexibility index (Phi) is 7.55. The Hall–Kier alpha value is 0. The molecule has 0 heteroatoms. The van der Waals surface area contributed by atoms with Gasteiger partial charge >= 0.3 is 0 Å². The second-order valence-corrected chi connectivity index (χ2v) is 10.5. The van der Waals surface area contributed by atoms with Crippen molar-refractivity contribution in [3.8, 4) is 0 Å². The van der Waals surface area contributed by atoms with Gasteiger partial charge in [0, 0.05) is 0 Å². The van der Waals surface area contributed by atoms with E-state index >= 15 is 0 Å². The lowest BCUT2D eigenvalue weighted by Gasteiger charge is -2.58. The molecule has 0 aromatic heterocycles. The number of rotatable bonds is 2. The Morgan fingerprint density at radius 3 is 2.08 bits per heavy atom. The molecule has 4 aliphatic carbocycles. The summed E-state index contributed by atoms with van der Waals surface area (Å²) in [7, 11) is 0. The van der Waals surface area contributed by atoms with E-state index in [0.29, 0.717) is 0 Å². The SMILES string of the molecule is CC.CC[C@H]1CCCC([C@H]2C3CCCC[C@H]3C(C)C3C[C@@H](C)CC[C@H]32)C1. The van der Waals surface area contributed by atoms with E-state index in [0.717, 1.165) is 53.3 Å². The highest BCUT2D eigenvalue weighted by atomic mass is 14.6. The molecule has 0 nitrogen and oxygen atoms in total. The average Bonchev–Trinajstić information content (AvgIpc) is 2.70. The predicted molar refractivity (Wildman–Crippen MR) is 115 cm³/mol. The molecule has 4 fully saturated rings. The smallest absolute Gasteiger partial charge is 0.0323 e. The molecule has 0 saturated heterocycles. The van der Waals surface area contributed by atoms with Gasteiger partial charge in [-0.1, -0.05) is 79.6 Å². The topological polar surface area (TPSA) is 0 Å². The third-order valence-electron chi connectivity index (χ3n) is 9.38. The lowest BCUT2D eigenvalue weighted by molar-refractivity contribution is -0.0937. The molecule has 0 aromatic rings. The van der Waals surface area contributed by atoms with Crippen LogP contribution in [0.1, 0.15) is 112 Å². The van der Waals surface area contributed by atoms with Crippen LogP contribution in [-0.4, -0.2) is 0 Å². The van der Waals surface area contributed by atoms with Gasteiger partial charge in [0.05, 0.1) is 0 Å². The van der Waals surface area contributed by atoms with Gasteiger partial charge in [0.2, 0.25) is 0 Å². The summed E-state index contributed by atoms with van der Waals surface area (Å²) in [4.78, 5) is 0. The van der Waals surface area contributed by atoms with Gasteiger partial charge in [-0.15, -0.1) is 0 Å². The van der Waals surface area contributed by atoms with Crippen molar-refractivity contribution in [2.75, 3.05) is 0 Å². The van der Waals surface area contributed by atoms with Crippen molar-refractivity contribution < 1.29 is 0 Å². The van der Waals surface area contributed by atoms with Crippen molar-refractivity contribution in [1.82, 2.24) is 0 Å². The van der Waals surface area contributed by atoms with E-state index in [1.54, 1.807) is 51.4 Å². The number of fused-ring (bicyclic) bond motifs is 2. The molecule has 9 atom stereocenters. The third kappa shape index (κ3) is 4.05. The molecular weight excluding hydrogens is 312 g/mol. The first-order valence-corrected chi connectivity index (χ1v) is 12.7. The third-order valence-corrected chi connectivity index (χ3v) is 9.38. The molecule has 0 heterocycles. The van der Waals surface area contributed by atoms with Crippen molar-refractivity contribution in [3.05, 3.63) is 0 Å². The van der Waals surface area contributed by atoms with Crippen LogP contribution in [0.25, 0.3) is 0 Å². The van der Waals surface area contributed by atoms with Crippen LogP contribution < -0.4 is 0 Å². The minimum atomic E-state index is 1.00. The summed E-state index contributed by atoms with van der Waals surface area (Å²) in [6, 6.07) is 0. The molecule has 4 unspecified atom stereocenters. The zero-order valence-corrected chi connectivity index (χ0v) is 18.7. The lowest BCUT2D eigenvalue weighted by Crippen LogP contribution is -2.51. The van der Waals surface area contributed by atoms with Gasteiger partial charge in [-0.25, -0.2) is 0 Å². The first kappa shape index (κ1) is 20.7. The Morgan fingerprint density at radius 2 is 1.35 bits per heavy atom. The first-order chi connectivity index (χ1) is 12.7. The molecule has 4 aliphatic rings. The van der Waals surface area contributed by atoms with Gasteiger partial charge in [0.15, 0.2) is 0 Å². The van der Waals surface area contributed by atoms with Crippen molar-refractivity contribution in [2.24, 2.45) is 53.3 Å². The summed E-state index contributed by atoms with van der Waals surface area (Å²) in [5.41, 5.74) is 0. The predicted octanol–water partition coefficient (Wildman–Crippen LogP) is 8.35. The van der Waals surface area contributed by atoms with Crippen LogP contribution in [0.15, 0.2) is 0 Å². The van der Waals surface area contributed by atoms with Gasteiger partial charge in [0.25, 0.3) is 0 Å². The van der Waals surface area contributed by atoms with E-state index in [9.17, 15) is 0 Å². The van der Waals surface area contributed by atoms with E-state index in [1.165, 1.54) is 25.7 Å². The van der Waals surface area contributed by atoms with Gasteiger partial charge in [-0.2, -0.15) is 0 Å². The summed E-state index contributed by atoms with van der Waals surface area (Å²) in [6.07, 6.45) is 18.6. The van der Waals surface area contributed by atoms with Crippen LogP contribution in [0.2, 0.25) is 0 Å². The summed E-state index contributed by atoms with van der Waals surface area (Å²) in [5, 5.41) is 0. The summed E-state index contributed by atoms with van der Waals surface area (Å²) in [5.74, 6) is 9.72. The maximum Gasteiger partial charge on any atom is -0.0323 e. The Bertz CT molecular complexity index is 412. The van der Waals surface area contributed by atoms with Crippen LogP contribution in [-0.2, 0) is 0 Å². The maximum atomic E-state index is 2.67. The molecule has 0 aliphatic heterocycles. The molecule has 0 radical (unpaired) electrons. The average molecular weight is 361 g/mol. The fourth-order valence-corrected chi connectivity index (χ4v) is 8.24. The van der Waals surface area contributed by atoms with Gasteiger partial charge < -0.3 is 0 Å². The molecule has 0 amide bonds. The van der Waals surface area contributed by atoms with Crippen LogP contribution in [0, 0.1) is 53.3 Å². The molecule has 26 heavy (non-hydrogen) atoms. The second-order valence-electron chi connectivity index (χ2n) is 10.5. The van der Waals surface area contributed by atoms with Crippen LogP contribution in [0.4, 0.5) is 0 Å². The lowest BCUT2D eigenvalue weighted by atomic mass is 9.47. The largest absolute Gasteiger partial charge is 0.0683 e. The van der Waals surface area contributed by atoms with Crippen LogP contribution in [0.5, 0.6) is 0 Å². The molecule has 152 valence electrons. The van der Waals surface area contributed by atoms with Gasteiger partial charge in [-0.3, -0.25) is 0 Å². The van der Waals surface area contributed by atoms with Crippen molar-refractivity contribution in [1.29, 1.82) is 0 Å². The fraction of sp³-hybridized carbons (Fsp3) is 1.00. The summed E-state index contributed by atoms with van der Waals surface area (Å²) in [6.45, 7) is 11.7. The molecule has 0 bridgehead atoms. The molecule has 4 saturated carbocycles. The standard InChI is InChI=1S/C24H42.C2H6/c1-4-18-8-7-9-19(15-18)24-21-11-6-5-10-20(21)17(3)23-14-16(2)12-13-22(23)24;1-2/h16-24H,4-15H2,1-3H3;1-2H3/t16-,17?,18-,19?,20-,21?,22+,23?,24-;/m0./s1. The van der Waals surface area contributed by atoms with E-state index in [1.807, 2.05) is 13.8 Å². The van der Waals surface area contributed by atoms with E-state index in [2.05, 4.69) is 20.8 Å². The molecule has 4 rings (SSSR count). The highest BCUT2D eigenvalue weighted by Gasteiger charge is 2.52. The van der Waals surface area contributed by atoms with Crippen LogP contribution in [0.3, 0.4) is 0 Å². The van der Waals surface area contributed by atoms with Gasteiger partial charge in [-0.05, 0) is 85.4 Å². The summed E-state index contributed by atoms with van der Waals surface area (Å²) < 4.78 is 0. The van der Waals surface area contributed by atoms with Crippen molar-refractivity contribution >= 4 is 0 Å². The molecule has 0 spiro atoms. The molecular formula is C26H48. The highest BCUT2D eigenvalue weighted by Crippen LogP contribution is 2.60. The zero-order chi connectivity index (χ0) is 18.7. The zero-order valence-electron chi connectivity index (χ0n) is 18.7. The van der Waals surface area contributed by atoms with Gasteiger partial charge in [0.1, 0.15) is 0 Å². The van der Waals surface area contributed by atoms with Crippen molar-refractivity contribution in [3.63, 3.8) is 0 Å². The normalized spacial score (nSPS) is 48.6. The van der Waals surface area contributed by atoms with Crippen molar-refractivity contribution in [2.45, 2.75) is 112 Å². The Morgan fingerprint density at radius 1 is 0.654 bits per heavy atom. The van der Waals surface area contributed by atoms with Crippen LogP contribution >= 0.6 is 0 Å². The first-order valence-electron chi connectivity index (χ1n) is 12.7. The van der Waals surface area contributed by atoms with E-state index in [4.69, 9.17) is 0 Å². The number of hydrogen-bond acceptors (Lipinski definition) is 0. The quantitative estimate of drug-likeness (QED) is 0.464. The minimum Gasteiger partial charge on any atom is -0.0683 e. The van der Waals surface area contributed by atoms with E-state index in [-0.39, 0.29) is 0 Å². The minimum absolute atomic E-state index is 1.00.